The molecular weight excluding hydrogens is 332 g/mol. The lowest BCUT2D eigenvalue weighted by atomic mass is 9.95. The Balaban J connectivity index is 1.89. The van der Waals surface area contributed by atoms with Crippen molar-refractivity contribution in [1.82, 2.24) is 4.90 Å². The van der Waals surface area contributed by atoms with Crippen molar-refractivity contribution in [2.45, 2.75) is 25.9 Å². The first-order chi connectivity index (χ1) is 12.0. The van der Waals surface area contributed by atoms with Crippen molar-refractivity contribution in [3.05, 3.63) is 35.9 Å². The summed E-state index contributed by atoms with van der Waals surface area (Å²) in [6.45, 7) is -1.68. The summed E-state index contributed by atoms with van der Waals surface area (Å²) in [6.07, 6.45) is 5.13. The van der Waals surface area contributed by atoms with Gasteiger partial charge in [-0.25, -0.2) is 0 Å². The molecule has 1 aliphatic rings. The van der Waals surface area contributed by atoms with Crippen LogP contribution in [0, 0.1) is 5.92 Å². The first-order valence-electron chi connectivity index (χ1n) is 8.06. The van der Waals surface area contributed by atoms with Crippen molar-refractivity contribution in [2.75, 3.05) is 20.2 Å². The third-order valence-electron chi connectivity index (χ3n) is 4.04. The molecule has 1 aromatic carbocycles. The molecule has 0 N–H and O–H groups in total. The molecule has 1 amide bonds. The number of benzene rings is 1. The average Bonchev–Trinajstić information content (AvgIpc) is 2.60. The number of hydrogen-bond acceptors (Lipinski definition) is 4. The molecule has 0 aliphatic carbocycles. The van der Waals surface area contributed by atoms with Gasteiger partial charge in [0.25, 0.3) is 0 Å². The number of carbonyl (C=O) groups excluding carboxylic acids is 2. The topological polar surface area (TPSA) is 55.8 Å². The van der Waals surface area contributed by atoms with Gasteiger partial charge < -0.3 is 14.4 Å². The molecule has 5 nitrogen and oxygen atoms in total. The van der Waals surface area contributed by atoms with Gasteiger partial charge in [0.15, 0.2) is 0 Å². The van der Waals surface area contributed by atoms with Crippen LogP contribution in [0.4, 0.5) is 8.78 Å². The Morgan fingerprint density at radius 1 is 1.32 bits per heavy atom. The van der Waals surface area contributed by atoms with Crippen LogP contribution in [0.5, 0.6) is 5.75 Å². The first kappa shape index (κ1) is 18.9. The van der Waals surface area contributed by atoms with Crippen LogP contribution in [0.3, 0.4) is 0 Å². The van der Waals surface area contributed by atoms with Gasteiger partial charge in [-0.2, -0.15) is 8.78 Å². The Morgan fingerprint density at radius 2 is 2.04 bits per heavy atom. The number of nitrogens with zero attached hydrogens (tertiary/aromatic N) is 1. The summed E-state index contributed by atoms with van der Waals surface area (Å²) in [7, 11) is 1.36. The number of methoxy groups -OCH3 is 1. The van der Waals surface area contributed by atoms with E-state index in [0.29, 0.717) is 25.1 Å². The molecular formula is C18H21F2NO4. The van der Waals surface area contributed by atoms with Crippen LogP contribution in [0.2, 0.25) is 0 Å². The monoisotopic (exact) mass is 353 g/mol. The van der Waals surface area contributed by atoms with Gasteiger partial charge in [0, 0.05) is 25.6 Å². The number of halogens is 2. The molecule has 2 rings (SSSR count). The maximum absolute atomic E-state index is 12.3. The van der Waals surface area contributed by atoms with E-state index in [2.05, 4.69) is 9.47 Å². The van der Waals surface area contributed by atoms with E-state index in [9.17, 15) is 18.4 Å². The van der Waals surface area contributed by atoms with Crippen molar-refractivity contribution in [2.24, 2.45) is 5.92 Å². The summed E-state index contributed by atoms with van der Waals surface area (Å²) in [5.74, 6) is -0.215. The molecule has 0 radical (unpaired) electrons. The molecule has 0 bridgehead atoms. The quantitative estimate of drug-likeness (QED) is 0.582. The normalized spacial score (nSPS) is 17.8. The predicted molar refractivity (Wildman–Crippen MR) is 88.0 cm³/mol. The maximum Gasteiger partial charge on any atom is 0.387 e. The smallest absolute Gasteiger partial charge is 0.387 e. The highest BCUT2D eigenvalue weighted by Gasteiger charge is 2.24. The fourth-order valence-electron chi connectivity index (χ4n) is 2.78. The standard InChI is InChI=1S/C18H21F2NO4/c1-24-17(23)11-14-3-2-10-21(12-14)16(22)9-6-13-4-7-15(8-5-13)25-18(19)20/h4-9,14,18H,2-3,10-12H2,1H3/b9-6+. The van der Waals surface area contributed by atoms with Gasteiger partial charge in [-0.3, -0.25) is 9.59 Å². The molecule has 1 atom stereocenters. The van der Waals surface area contributed by atoms with E-state index < -0.39 is 6.61 Å². The molecule has 0 aromatic heterocycles. The van der Waals surface area contributed by atoms with E-state index in [4.69, 9.17) is 0 Å². The molecule has 1 fully saturated rings. The fraction of sp³-hybridized carbons (Fsp3) is 0.444. The number of ether oxygens (including phenoxy) is 2. The Kier molecular flexibility index (Phi) is 6.91. The number of piperidine rings is 1. The second-order valence-corrected chi connectivity index (χ2v) is 5.85. The summed E-state index contributed by atoms with van der Waals surface area (Å²) < 4.78 is 33.1. The van der Waals surface area contributed by atoms with E-state index in [1.54, 1.807) is 23.1 Å². The number of esters is 1. The Hall–Kier alpha value is -2.44. The lowest BCUT2D eigenvalue weighted by Crippen LogP contribution is -2.39. The average molecular weight is 353 g/mol. The van der Waals surface area contributed by atoms with E-state index >= 15 is 0 Å². The zero-order valence-corrected chi connectivity index (χ0v) is 14.0. The van der Waals surface area contributed by atoms with Crippen molar-refractivity contribution in [1.29, 1.82) is 0 Å². The van der Waals surface area contributed by atoms with E-state index in [1.807, 2.05) is 0 Å². The summed E-state index contributed by atoms with van der Waals surface area (Å²) in [5, 5.41) is 0. The molecule has 7 heteroatoms. The zero-order chi connectivity index (χ0) is 18.2. The third kappa shape index (κ3) is 6.17. The van der Waals surface area contributed by atoms with E-state index in [-0.39, 0.29) is 23.5 Å². The molecule has 136 valence electrons. The highest BCUT2D eigenvalue weighted by Crippen LogP contribution is 2.21. The number of carbonyl (C=O) groups is 2. The minimum atomic E-state index is -2.86. The van der Waals surface area contributed by atoms with Crippen molar-refractivity contribution in [3.8, 4) is 5.75 Å². The highest BCUT2D eigenvalue weighted by atomic mass is 19.3. The Labute approximate surface area is 145 Å². The number of likely N-dealkylation sites (tertiary alicyclic amines) is 1. The van der Waals surface area contributed by atoms with Crippen LogP contribution in [0.25, 0.3) is 6.08 Å². The SMILES string of the molecule is COC(=O)CC1CCCN(C(=O)/C=C/c2ccc(OC(F)F)cc2)C1. The summed E-state index contributed by atoms with van der Waals surface area (Å²) in [6, 6.07) is 6.03. The second-order valence-electron chi connectivity index (χ2n) is 5.85. The van der Waals surface area contributed by atoms with Crippen LogP contribution >= 0.6 is 0 Å². The lowest BCUT2D eigenvalue weighted by molar-refractivity contribution is -0.143. The maximum atomic E-state index is 12.3. The fourth-order valence-corrected chi connectivity index (χ4v) is 2.78. The predicted octanol–water partition coefficient (Wildman–Crippen LogP) is 3.10. The van der Waals surface area contributed by atoms with Gasteiger partial charge in [-0.1, -0.05) is 12.1 Å². The Bertz CT molecular complexity index is 616. The minimum Gasteiger partial charge on any atom is -0.469 e. The van der Waals surface area contributed by atoms with Gasteiger partial charge in [0.2, 0.25) is 5.91 Å². The summed E-state index contributed by atoms with van der Waals surface area (Å²) in [4.78, 5) is 25.4. The van der Waals surface area contributed by atoms with Crippen LogP contribution in [0.1, 0.15) is 24.8 Å². The molecule has 1 unspecified atom stereocenters. The number of hydrogen-bond donors (Lipinski definition) is 0. The number of rotatable bonds is 6. The van der Waals surface area contributed by atoms with Gasteiger partial charge in [-0.15, -0.1) is 0 Å². The minimum absolute atomic E-state index is 0.0696. The molecule has 1 saturated heterocycles. The molecule has 1 aromatic rings. The summed E-state index contributed by atoms with van der Waals surface area (Å²) in [5.41, 5.74) is 0.707. The van der Waals surface area contributed by atoms with Crippen LogP contribution in [-0.4, -0.2) is 43.6 Å². The largest absolute Gasteiger partial charge is 0.469 e. The van der Waals surface area contributed by atoms with Crippen molar-refractivity contribution < 1.29 is 27.8 Å². The van der Waals surface area contributed by atoms with Gasteiger partial charge in [0.1, 0.15) is 5.75 Å². The molecule has 1 aliphatic heterocycles. The number of amides is 1. The van der Waals surface area contributed by atoms with Gasteiger partial charge >= 0.3 is 12.6 Å². The Morgan fingerprint density at radius 3 is 2.68 bits per heavy atom. The van der Waals surface area contributed by atoms with Crippen molar-refractivity contribution in [3.63, 3.8) is 0 Å². The molecule has 25 heavy (non-hydrogen) atoms. The first-order valence-corrected chi connectivity index (χ1v) is 8.06. The van der Waals surface area contributed by atoms with E-state index in [0.717, 1.165) is 12.8 Å². The van der Waals surface area contributed by atoms with Crippen LogP contribution in [0.15, 0.2) is 30.3 Å². The lowest BCUT2D eigenvalue weighted by Gasteiger charge is -2.31. The molecule has 0 spiro atoms. The van der Waals surface area contributed by atoms with Crippen LogP contribution in [-0.2, 0) is 14.3 Å². The number of alkyl halides is 2. The van der Waals surface area contributed by atoms with Gasteiger partial charge in [-0.05, 0) is 42.5 Å². The second kappa shape index (κ2) is 9.15. The molecule has 1 heterocycles. The highest BCUT2D eigenvalue weighted by molar-refractivity contribution is 5.91. The van der Waals surface area contributed by atoms with Crippen molar-refractivity contribution >= 4 is 18.0 Å². The zero-order valence-electron chi connectivity index (χ0n) is 14.0. The van der Waals surface area contributed by atoms with Crippen LogP contribution < -0.4 is 4.74 Å². The third-order valence-corrected chi connectivity index (χ3v) is 4.04. The molecule has 0 saturated carbocycles. The van der Waals surface area contributed by atoms with Gasteiger partial charge in [0.05, 0.1) is 7.11 Å². The van der Waals surface area contributed by atoms with E-state index in [1.165, 1.54) is 25.3 Å². The summed E-state index contributed by atoms with van der Waals surface area (Å²) >= 11 is 0.